The van der Waals surface area contributed by atoms with Gasteiger partial charge in [-0.1, -0.05) is 27.4 Å². The van der Waals surface area contributed by atoms with E-state index in [0.29, 0.717) is 13.0 Å². The number of carboxylic acids is 1. The highest BCUT2D eigenvalue weighted by atomic mass is 16.5. The first-order valence-corrected chi connectivity index (χ1v) is 7.95. The first kappa shape index (κ1) is 19.9. The molecule has 0 bridgehead atoms. The molecule has 0 aromatic rings. The molecule has 0 aromatic carbocycles. The van der Waals surface area contributed by atoms with Crippen LogP contribution in [0.25, 0.3) is 0 Å². The molecular weight excluding hydrogens is 312 g/mol. The lowest BCUT2D eigenvalue weighted by Crippen LogP contribution is -2.48. The maximum absolute atomic E-state index is 11.9. The topological polar surface area (TPSA) is 105 Å². The number of alkyl carbamates (subject to hydrolysis) is 1. The zero-order chi connectivity index (χ0) is 18.4. The lowest BCUT2D eigenvalue weighted by atomic mass is 9.62. The van der Waals surface area contributed by atoms with Crippen molar-refractivity contribution in [3.8, 4) is 0 Å². The van der Waals surface area contributed by atoms with Crippen molar-refractivity contribution in [2.75, 3.05) is 13.2 Å². The van der Waals surface area contributed by atoms with Gasteiger partial charge in [0.1, 0.15) is 0 Å². The summed E-state index contributed by atoms with van der Waals surface area (Å²) in [5, 5.41) is 11.5. The average molecular weight is 338 g/mol. The van der Waals surface area contributed by atoms with Crippen LogP contribution in [0, 0.1) is 10.8 Å². The van der Waals surface area contributed by atoms with Gasteiger partial charge >= 0.3 is 12.1 Å². The molecule has 1 aliphatic rings. The predicted octanol–water partition coefficient (Wildman–Crippen LogP) is 2.66. The molecule has 1 aliphatic carbocycles. The molecule has 0 heterocycles. The zero-order valence-corrected chi connectivity index (χ0v) is 14.6. The van der Waals surface area contributed by atoms with Gasteiger partial charge in [-0.2, -0.15) is 0 Å². The number of carbonyl (C=O) groups is 2. The van der Waals surface area contributed by atoms with Gasteiger partial charge in [-0.15, -0.1) is 0 Å². The van der Waals surface area contributed by atoms with Crippen LogP contribution in [-0.2, 0) is 14.3 Å². The maximum Gasteiger partial charge on any atom is 0.407 e. The number of isocyanates is 1. The third-order valence-electron chi connectivity index (χ3n) is 4.23. The van der Waals surface area contributed by atoms with Gasteiger partial charge in [-0.05, 0) is 30.1 Å². The third-order valence-corrected chi connectivity index (χ3v) is 4.23. The van der Waals surface area contributed by atoms with Crippen LogP contribution in [0.3, 0.4) is 0 Å². The second-order valence-corrected chi connectivity index (χ2v) is 7.60. The molecule has 0 radical (unpaired) electrons. The van der Waals surface area contributed by atoms with Crippen LogP contribution >= 0.6 is 0 Å². The number of aliphatic imine (C=N–C) groups is 1. The SMILES string of the molecule is C=C(CCOC(=O)NC1CC(C)(C)CC(C)(CN=C=O)C1)C(=O)O. The van der Waals surface area contributed by atoms with Crippen molar-refractivity contribution in [1.29, 1.82) is 0 Å². The Morgan fingerprint density at radius 2 is 2.04 bits per heavy atom. The summed E-state index contributed by atoms with van der Waals surface area (Å²) in [6.07, 6.45) is 3.48. The molecule has 24 heavy (non-hydrogen) atoms. The van der Waals surface area contributed by atoms with E-state index in [1.54, 1.807) is 6.08 Å². The van der Waals surface area contributed by atoms with Crippen molar-refractivity contribution in [3.05, 3.63) is 12.2 Å². The van der Waals surface area contributed by atoms with E-state index in [9.17, 15) is 14.4 Å². The van der Waals surface area contributed by atoms with E-state index < -0.39 is 12.1 Å². The summed E-state index contributed by atoms with van der Waals surface area (Å²) in [5.41, 5.74) is -0.184. The minimum absolute atomic E-state index is 0.000833. The van der Waals surface area contributed by atoms with Crippen LogP contribution in [-0.4, -0.2) is 42.4 Å². The Bertz CT molecular complexity index is 551. The van der Waals surface area contributed by atoms with E-state index in [0.717, 1.165) is 12.8 Å². The number of carbonyl (C=O) groups excluding carboxylic acids is 2. The largest absolute Gasteiger partial charge is 0.478 e. The van der Waals surface area contributed by atoms with Crippen molar-refractivity contribution in [2.45, 2.75) is 52.5 Å². The Labute approximate surface area is 142 Å². The Morgan fingerprint density at radius 1 is 1.38 bits per heavy atom. The van der Waals surface area contributed by atoms with Crippen molar-refractivity contribution in [2.24, 2.45) is 15.8 Å². The number of nitrogens with zero attached hydrogens (tertiary/aromatic N) is 1. The fraction of sp³-hybridized carbons (Fsp3) is 0.706. The number of ether oxygens (including phenoxy) is 1. The summed E-state index contributed by atoms with van der Waals surface area (Å²) >= 11 is 0. The van der Waals surface area contributed by atoms with Gasteiger partial charge < -0.3 is 15.2 Å². The average Bonchev–Trinajstić information content (AvgIpc) is 2.42. The minimum atomic E-state index is -1.10. The molecular formula is C17H26N2O5. The zero-order valence-electron chi connectivity index (χ0n) is 14.6. The number of nitrogens with one attached hydrogen (secondary N) is 1. The number of aliphatic carboxylic acids is 1. The number of hydrogen-bond donors (Lipinski definition) is 2. The van der Waals surface area contributed by atoms with Crippen molar-refractivity contribution >= 4 is 18.1 Å². The van der Waals surface area contributed by atoms with Crippen LogP contribution in [0.4, 0.5) is 4.79 Å². The molecule has 1 amide bonds. The van der Waals surface area contributed by atoms with Crippen LogP contribution in [0.1, 0.15) is 46.5 Å². The summed E-state index contributed by atoms with van der Waals surface area (Å²) in [5.74, 6) is -1.10. The smallest absolute Gasteiger partial charge is 0.407 e. The summed E-state index contributed by atoms with van der Waals surface area (Å²) in [4.78, 5) is 36.7. The first-order valence-electron chi connectivity index (χ1n) is 7.95. The molecule has 7 heteroatoms. The first-order chi connectivity index (χ1) is 11.1. The Balaban J connectivity index is 2.56. The highest BCUT2D eigenvalue weighted by Crippen LogP contribution is 2.46. The molecule has 1 saturated carbocycles. The third kappa shape index (κ3) is 6.54. The van der Waals surface area contributed by atoms with Crippen molar-refractivity contribution < 1.29 is 24.2 Å². The van der Waals surface area contributed by atoms with Gasteiger partial charge in [0, 0.05) is 18.0 Å². The van der Waals surface area contributed by atoms with E-state index in [1.165, 1.54) is 0 Å². The Morgan fingerprint density at radius 3 is 2.62 bits per heavy atom. The lowest BCUT2D eigenvalue weighted by molar-refractivity contribution is -0.132. The molecule has 2 unspecified atom stereocenters. The molecule has 134 valence electrons. The van der Waals surface area contributed by atoms with Gasteiger partial charge in [0.15, 0.2) is 0 Å². The molecule has 7 nitrogen and oxygen atoms in total. The molecule has 2 N–H and O–H groups in total. The lowest BCUT2D eigenvalue weighted by Gasteiger charge is -2.45. The minimum Gasteiger partial charge on any atom is -0.478 e. The molecule has 1 fully saturated rings. The summed E-state index contributed by atoms with van der Waals surface area (Å²) in [6, 6.07) is -0.0872. The molecule has 0 spiro atoms. The van der Waals surface area contributed by atoms with Gasteiger partial charge in [0.2, 0.25) is 6.08 Å². The molecule has 2 atom stereocenters. The number of rotatable bonds is 7. The van der Waals surface area contributed by atoms with Crippen molar-refractivity contribution in [3.63, 3.8) is 0 Å². The highest BCUT2D eigenvalue weighted by molar-refractivity contribution is 5.85. The monoisotopic (exact) mass is 338 g/mol. The van der Waals surface area contributed by atoms with Gasteiger partial charge in [0.25, 0.3) is 0 Å². The second-order valence-electron chi connectivity index (χ2n) is 7.60. The van der Waals surface area contributed by atoms with Crippen LogP contribution in [0.15, 0.2) is 17.1 Å². The van der Waals surface area contributed by atoms with Crippen molar-refractivity contribution in [1.82, 2.24) is 5.32 Å². The summed E-state index contributed by atoms with van der Waals surface area (Å²) in [6.45, 7) is 10.0. The fourth-order valence-electron chi connectivity index (χ4n) is 3.66. The summed E-state index contributed by atoms with van der Waals surface area (Å²) in [7, 11) is 0. The van der Waals surface area contributed by atoms with Gasteiger partial charge in [0.05, 0.1) is 13.2 Å². The van der Waals surface area contributed by atoms with Crippen LogP contribution in [0.5, 0.6) is 0 Å². The number of hydrogen-bond acceptors (Lipinski definition) is 5. The second kappa shape index (κ2) is 8.11. The molecule has 1 rings (SSSR count). The van der Waals surface area contributed by atoms with E-state index in [2.05, 4.69) is 30.7 Å². The van der Waals surface area contributed by atoms with E-state index in [4.69, 9.17) is 9.84 Å². The standard InChI is InChI=1S/C17H26N2O5/c1-12(14(21)22)5-6-24-15(23)19-13-7-16(2,3)9-17(4,8-13)10-18-11-20/h13H,1,5-10H2,2-4H3,(H,19,23)(H,21,22). The maximum atomic E-state index is 11.9. The highest BCUT2D eigenvalue weighted by Gasteiger charge is 2.41. The van der Waals surface area contributed by atoms with E-state index >= 15 is 0 Å². The summed E-state index contributed by atoms with van der Waals surface area (Å²) < 4.78 is 5.02. The van der Waals surface area contributed by atoms with E-state index in [1.807, 2.05) is 6.92 Å². The van der Waals surface area contributed by atoms with E-state index in [-0.39, 0.29) is 35.5 Å². The number of carboxylic acid groups (broad SMARTS) is 1. The Kier molecular flexibility index (Phi) is 6.72. The fourth-order valence-corrected chi connectivity index (χ4v) is 3.66. The van der Waals surface area contributed by atoms with Crippen LogP contribution in [0.2, 0.25) is 0 Å². The van der Waals surface area contributed by atoms with Gasteiger partial charge in [-0.3, -0.25) is 0 Å². The quantitative estimate of drug-likeness (QED) is 0.422. The predicted molar refractivity (Wildman–Crippen MR) is 88.4 cm³/mol. The number of amides is 1. The van der Waals surface area contributed by atoms with Crippen LogP contribution < -0.4 is 5.32 Å². The molecule has 0 aromatic heterocycles. The Hall–Kier alpha value is -2.14. The molecule has 0 saturated heterocycles. The molecule has 0 aliphatic heterocycles. The normalized spacial score (nSPS) is 25.2. The van der Waals surface area contributed by atoms with Gasteiger partial charge in [-0.25, -0.2) is 19.4 Å².